The Morgan fingerprint density at radius 3 is 2.35 bits per heavy atom. The largest absolute Gasteiger partial charge is 0.382 e. The summed E-state index contributed by atoms with van der Waals surface area (Å²) in [4.78, 5) is 14.2. The first-order chi connectivity index (χ1) is 9.53. The summed E-state index contributed by atoms with van der Waals surface area (Å²) in [6.07, 6.45) is 1.08. The number of amides is 1. The lowest BCUT2D eigenvalue weighted by Crippen LogP contribution is -2.30. The van der Waals surface area contributed by atoms with Crippen molar-refractivity contribution >= 4 is 11.6 Å². The highest BCUT2D eigenvalue weighted by Gasteiger charge is 2.14. The second-order valence-electron chi connectivity index (χ2n) is 5.46. The number of anilines is 1. The molecule has 0 saturated carbocycles. The number of hydrogen-bond donors (Lipinski definition) is 1. The van der Waals surface area contributed by atoms with E-state index >= 15 is 0 Å². The molecule has 3 nitrogen and oxygen atoms in total. The molecule has 0 saturated heterocycles. The summed E-state index contributed by atoms with van der Waals surface area (Å²) in [6.45, 7) is 12.1. The highest BCUT2D eigenvalue weighted by molar-refractivity contribution is 5.95. The van der Waals surface area contributed by atoms with Crippen molar-refractivity contribution in [1.29, 1.82) is 0 Å². The van der Waals surface area contributed by atoms with Gasteiger partial charge in [0.1, 0.15) is 0 Å². The van der Waals surface area contributed by atoms with Gasteiger partial charge < -0.3 is 10.2 Å². The van der Waals surface area contributed by atoms with Gasteiger partial charge in [0, 0.05) is 30.4 Å². The number of benzene rings is 1. The van der Waals surface area contributed by atoms with E-state index in [9.17, 15) is 4.79 Å². The molecule has 3 heteroatoms. The number of carbonyl (C=O) groups is 1. The average Bonchev–Trinajstić information content (AvgIpc) is 2.45. The summed E-state index contributed by atoms with van der Waals surface area (Å²) < 4.78 is 0. The van der Waals surface area contributed by atoms with Gasteiger partial charge in [-0.25, -0.2) is 0 Å². The summed E-state index contributed by atoms with van der Waals surface area (Å²) in [5.74, 6) is 0.679. The normalized spacial score (nSPS) is 12.3. The van der Waals surface area contributed by atoms with Gasteiger partial charge in [0.25, 0.3) is 5.91 Å². The molecule has 0 aliphatic carbocycles. The molecule has 1 aromatic carbocycles. The number of rotatable bonds is 7. The molecule has 0 radical (unpaired) electrons. The van der Waals surface area contributed by atoms with E-state index in [1.165, 1.54) is 0 Å². The number of nitrogens with zero attached hydrogens (tertiary/aromatic N) is 1. The molecule has 1 aromatic rings. The Balaban J connectivity index is 2.87. The maximum absolute atomic E-state index is 12.3. The summed E-state index contributed by atoms with van der Waals surface area (Å²) >= 11 is 0. The van der Waals surface area contributed by atoms with Gasteiger partial charge in [0.15, 0.2) is 0 Å². The summed E-state index contributed by atoms with van der Waals surface area (Å²) in [5, 5.41) is 3.53. The molecule has 1 amide bonds. The van der Waals surface area contributed by atoms with E-state index in [2.05, 4.69) is 26.1 Å². The molecule has 0 fully saturated rings. The zero-order valence-electron chi connectivity index (χ0n) is 13.4. The standard InChI is InChI=1S/C17H28N2O/c1-6-16(13(4)5)18-15-11-9-10-14(12-15)17(20)19(7-2)8-3/h9-13,16,18H,6-8H2,1-5H3. The molecule has 1 N–H and O–H groups in total. The highest BCUT2D eigenvalue weighted by Crippen LogP contribution is 2.17. The van der Waals surface area contributed by atoms with Gasteiger partial charge in [-0.2, -0.15) is 0 Å². The molecule has 1 rings (SSSR count). The molecular formula is C17H28N2O. The maximum Gasteiger partial charge on any atom is 0.253 e. The van der Waals surface area contributed by atoms with E-state index in [-0.39, 0.29) is 5.91 Å². The van der Waals surface area contributed by atoms with Crippen molar-refractivity contribution in [1.82, 2.24) is 4.90 Å². The van der Waals surface area contributed by atoms with E-state index in [1.807, 2.05) is 43.0 Å². The molecule has 0 heterocycles. The van der Waals surface area contributed by atoms with Crippen LogP contribution < -0.4 is 5.32 Å². The van der Waals surface area contributed by atoms with Crippen LogP contribution >= 0.6 is 0 Å². The fourth-order valence-electron chi connectivity index (χ4n) is 2.39. The molecule has 0 aliphatic rings. The van der Waals surface area contributed by atoms with Crippen molar-refractivity contribution in [3.05, 3.63) is 29.8 Å². The Hall–Kier alpha value is -1.51. The minimum atomic E-state index is 0.108. The lowest BCUT2D eigenvalue weighted by Gasteiger charge is -2.23. The van der Waals surface area contributed by atoms with Crippen LogP contribution in [0.1, 0.15) is 51.4 Å². The van der Waals surface area contributed by atoms with Gasteiger partial charge >= 0.3 is 0 Å². The Morgan fingerprint density at radius 1 is 1.20 bits per heavy atom. The molecule has 0 aromatic heterocycles. The predicted molar refractivity (Wildman–Crippen MR) is 86.2 cm³/mol. The average molecular weight is 276 g/mol. The molecule has 0 aliphatic heterocycles. The van der Waals surface area contributed by atoms with E-state index in [1.54, 1.807) is 0 Å². The summed E-state index contributed by atoms with van der Waals surface area (Å²) in [6, 6.07) is 8.28. The van der Waals surface area contributed by atoms with Gasteiger partial charge in [-0.15, -0.1) is 0 Å². The van der Waals surface area contributed by atoms with E-state index < -0.39 is 0 Å². The minimum Gasteiger partial charge on any atom is -0.382 e. The zero-order valence-corrected chi connectivity index (χ0v) is 13.4. The third-order valence-electron chi connectivity index (χ3n) is 3.76. The molecule has 20 heavy (non-hydrogen) atoms. The van der Waals surface area contributed by atoms with Gasteiger partial charge in [0.2, 0.25) is 0 Å². The third-order valence-corrected chi connectivity index (χ3v) is 3.76. The lowest BCUT2D eigenvalue weighted by atomic mass is 10.0. The minimum absolute atomic E-state index is 0.108. The van der Waals surface area contributed by atoms with Gasteiger partial charge in [-0.3, -0.25) is 4.79 Å². The molecule has 112 valence electrons. The van der Waals surface area contributed by atoms with Gasteiger partial charge in [-0.1, -0.05) is 26.8 Å². The van der Waals surface area contributed by atoms with Crippen LogP contribution in [0.2, 0.25) is 0 Å². The number of nitrogens with one attached hydrogen (secondary N) is 1. The Morgan fingerprint density at radius 2 is 1.85 bits per heavy atom. The first-order valence-electron chi connectivity index (χ1n) is 7.69. The second kappa shape index (κ2) is 7.93. The van der Waals surface area contributed by atoms with Crippen molar-refractivity contribution in [3.8, 4) is 0 Å². The number of hydrogen-bond acceptors (Lipinski definition) is 2. The van der Waals surface area contributed by atoms with Crippen molar-refractivity contribution in [2.45, 2.75) is 47.1 Å². The smallest absolute Gasteiger partial charge is 0.253 e. The van der Waals surface area contributed by atoms with Gasteiger partial charge in [0.05, 0.1) is 0 Å². The maximum atomic E-state index is 12.3. The first-order valence-corrected chi connectivity index (χ1v) is 7.69. The van der Waals surface area contributed by atoms with Crippen LogP contribution in [0.4, 0.5) is 5.69 Å². The fraction of sp³-hybridized carbons (Fsp3) is 0.588. The van der Waals surface area contributed by atoms with Crippen LogP contribution in [0.25, 0.3) is 0 Å². The van der Waals surface area contributed by atoms with E-state index in [0.717, 1.165) is 30.8 Å². The summed E-state index contributed by atoms with van der Waals surface area (Å²) in [5.41, 5.74) is 1.79. The summed E-state index contributed by atoms with van der Waals surface area (Å²) in [7, 11) is 0. The van der Waals surface area contributed by atoms with Crippen molar-refractivity contribution in [2.75, 3.05) is 18.4 Å². The lowest BCUT2D eigenvalue weighted by molar-refractivity contribution is 0.0773. The number of carbonyl (C=O) groups excluding carboxylic acids is 1. The quantitative estimate of drug-likeness (QED) is 0.816. The Labute approximate surface area is 123 Å². The molecule has 1 unspecified atom stereocenters. The second-order valence-corrected chi connectivity index (χ2v) is 5.46. The van der Waals surface area contributed by atoms with Gasteiger partial charge in [-0.05, 0) is 44.4 Å². The SMILES string of the molecule is CCC(Nc1cccc(C(=O)N(CC)CC)c1)C(C)C. The van der Waals surface area contributed by atoms with Crippen LogP contribution in [0, 0.1) is 5.92 Å². The predicted octanol–water partition coefficient (Wildman–Crippen LogP) is 4.02. The van der Waals surface area contributed by atoms with E-state index in [0.29, 0.717) is 12.0 Å². The fourth-order valence-corrected chi connectivity index (χ4v) is 2.39. The van der Waals surface area contributed by atoms with Crippen molar-refractivity contribution in [2.24, 2.45) is 5.92 Å². The van der Waals surface area contributed by atoms with Crippen molar-refractivity contribution < 1.29 is 4.79 Å². The Bertz CT molecular complexity index is 425. The Kier molecular flexibility index (Phi) is 6.56. The zero-order chi connectivity index (χ0) is 15.1. The van der Waals surface area contributed by atoms with Crippen LogP contribution in [-0.4, -0.2) is 29.9 Å². The first kappa shape index (κ1) is 16.5. The highest BCUT2D eigenvalue weighted by atomic mass is 16.2. The van der Waals surface area contributed by atoms with Crippen LogP contribution in [0.3, 0.4) is 0 Å². The van der Waals surface area contributed by atoms with Crippen molar-refractivity contribution in [3.63, 3.8) is 0 Å². The monoisotopic (exact) mass is 276 g/mol. The van der Waals surface area contributed by atoms with Crippen LogP contribution in [0.15, 0.2) is 24.3 Å². The topological polar surface area (TPSA) is 32.3 Å². The molecule has 1 atom stereocenters. The molecule has 0 bridgehead atoms. The van der Waals surface area contributed by atoms with E-state index in [4.69, 9.17) is 0 Å². The molecular weight excluding hydrogens is 248 g/mol. The van der Waals surface area contributed by atoms with Crippen LogP contribution in [0.5, 0.6) is 0 Å². The third kappa shape index (κ3) is 4.26. The molecule has 0 spiro atoms. The van der Waals surface area contributed by atoms with Crippen LogP contribution in [-0.2, 0) is 0 Å².